The number of nitrogens with one attached hydrogen (secondary N) is 2. The molecule has 0 aromatic heterocycles. The Balaban J connectivity index is 1.78. The van der Waals surface area contributed by atoms with Crippen molar-refractivity contribution in [2.75, 3.05) is 5.32 Å². The number of nitrogens with zero attached hydrogens (tertiary/aromatic N) is 1. The lowest BCUT2D eigenvalue weighted by Gasteiger charge is -2.09. The van der Waals surface area contributed by atoms with Crippen LogP contribution in [0.25, 0.3) is 0 Å². The minimum atomic E-state index is -0.519. The smallest absolute Gasteiger partial charge is 0.273 e. The second-order valence-electron chi connectivity index (χ2n) is 5.99. The topological polar surface area (TPSA) is 101 Å². The fraction of sp³-hybridized carbons (Fsp3) is 0.222. The van der Waals surface area contributed by atoms with E-state index in [0.29, 0.717) is 16.8 Å². The van der Waals surface area contributed by atoms with Crippen LogP contribution in [0.2, 0.25) is 0 Å². The molecule has 0 saturated heterocycles. The summed E-state index contributed by atoms with van der Waals surface area (Å²) in [6.07, 6.45) is 1.99. The standard InChI is InChI=1S/C18H17N3O4/c1-11-15(6-3-7-16(11)21(24)25)18(23)20-14-5-2-4-12(10-14)17(22)19-13-8-9-13/h2-7,10,13H,8-9H2,1H3,(H,19,22)(H,20,23). The van der Waals surface area contributed by atoms with E-state index in [4.69, 9.17) is 0 Å². The van der Waals surface area contributed by atoms with Crippen LogP contribution in [0.5, 0.6) is 0 Å². The second kappa shape index (κ2) is 6.72. The monoisotopic (exact) mass is 339 g/mol. The number of hydrogen-bond acceptors (Lipinski definition) is 4. The van der Waals surface area contributed by atoms with Gasteiger partial charge in [-0.3, -0.25) is 19.7 Å². The van der Waals surface area contributed by atoms with E-state index in [1.807, 2.05) is 0 Å². The first-order valence-corrected chi connectivity index (χ1v) is 7.92. The van der Waals surface area contributed by atoms with Gasteiger partial charge in [0.2, 0.25) is 0 Å². The Bertz CT molecular complexity index is 859. The third-order valence-electron chi connectivity index (χ3n) is 4.04. The van der Waals surface area contributed by atoms with Crippen molar-refractivity contribution in [3.8, 4) is 0 Å². The lowest BCUT2D eigenvalue weighted by atomic mass is 10.1. The average molecular weight is 339 g/mol. The van der Waals surface area contributed by atoms with Crippen molar-refractivity contribution in [1.29, 1.82) is 0 Å². The third-order valence-corrected chi connectivity index (χ3v) is 4.04. The van der Waals surface area contributed by atoms with Crippen LogP contribution in [0.3, 0.4) is 0 Å². The van der Waals surface area contributed by atoms with E-state index in [9.17, 15) is 19.7 Å². The summed E-state index contributed by atoms with van der Waals surface area (Å²) in [5.41, 5.74) is 1.33. The molecule has 1 fully saturated rings. The maximum absolute atomic E-state index is 12.4. The van der Waals surface area contributed by atoms with Crippen LogP contribution in [-0.4, -0.2) is 22.8 Å². The number of rotatable bonds is 5. The van der Waals surface area contributed by atoms with Gasteiger partial charge in [-0.25, -0.2) is 0 Å². The average Bonchev–Trinajstić information content (AvgIpc) is 3.39. The van der Waals surface area contributed by atoms with Gasteiger partial charge in [-0.1, -0.05) is 12.1 Å². The number of benzene rings is 2. The Morgan fingerprint density at radius 1 is 1.12 bits per heavy atom. The number of anilines is 1. The van der Waals surface area contributed by atoms with Gasteiger partial charge in [-0.15, -0.1) is 0 Å². The predicted molar refractivity (Wildman–Crippen MR) is 92.7 cm³/mol. The molecular formula is C18H17N3O4. The van der Waals surface area contributed by atoms with Crippen LogP contribution in [0.15, 0.2) is 42.5 Å². The van der Waals surface area contributed by atoms with E-state index in [1.54, 1.807) is 24.3 Å². The molecule has 1 aliphatic rings. The molecule has 3 rings (SSSR count). The van der Waals surface area contributed by atoms with E-state index in [2.05, 4.69) is 10.6 Å². The summed E-state index contributed by atoms with van der Waals surface area (Å²) in [5.74, 6) is -0.633. The van der Waals surface area contributed by atoms with Gasteiger partial charge in [0.25, 0.3) is 17.5 Å². The largest absolute Gasteiger partial charge is 0.349 e. The molecule has 2 aromatic rings. The Morgan fingerprint density at radius 2 is 1.84 bits per heavy atom. The van der Waals surface area contributed by atoms with Gasteiger partial charge >= 0.3 is 0 Å². The molecule has 2 aromatic carbocycles. The minimum absolute atomic E-state index is 0.106. The third kappa shape index (κ3) is 3.82. The van der Waals surface area contributed by atoms with Crippen LogP contribution in [0.4, 0.5) is 11.4 Å². The molecule has 0 atom stereocenters. The normalized spacial score (nSPS) is 13.2. The van der Waals surface area contributed by atoms with Crippen molar-refractivity contribution < 1.29 is 14.5 Å². The van der Waals surface area contributed by atoms with Gasteiger partial charge in [0.05, 0.1) is 4.92 Å². The second-order valence-corrected chi connectivity index (χ2v) is 5.99. The van der Waals surface area contributed by atoms with E-state index in [0.717, 1.165) is 12.8 Å². The van der Waals surface area contributed by atoms with Crippen LogP contribution < -0.4 is 10.6 Å². The summed E-state index contributed by atoms with van der Waals surface area (Å²) in [6, 6.07) is 11.2. The van der Waals surface area contributed by atoms with Gasteiger partial charge in [0.1, 0.15) is 0 Å². The first-order chi connectivity index (χ1) is 12.0. The molecule has 1 saturated carbocycles. The first kappa shape index (κ1) is 16.6. The quantitative estimate of drug-likeness (QED) is 0.645. The number of carbonyl (C=O) groups is 2. The van der Waals surface area contributed by atoms with Crippen LogP contribution in [-0.2, 0) is 0 Å². The zero-order valence-corrected chi connectivity index (χ0v) is 13.6. The van der Waals surface area contributed by atoms with Gasteiger partial charge in [0.15, 0.2) is 0 Å². The highest BCUT2D eigenvalue weighted by atomic mass is 16.6. The molecule has 0 bridgehead atoms. The summed E-state index contributed by atoms with van der Waals surface area (Å²) >= 11 is 0. The molecule has 2 N–H and O–H groups in total. The Morgan fingerprint density at radius 3 is 2.52 bits per heavy atom. The van der Waals surface area contributed by atoms with Gasteiger partial charge in [-0.05, 0) is 44.0 Å². The maximum atomic E-state index is 12.4. The minimum Gasteiger partial charge on any atom is -0.349 e. The van der Waals surface area contributed by atoms with Crippen LogP contribution in [0.1, 0.15) is 39.1 Å². The molecule has 0 spiro atoms. The van der Waals surface area contributed by atoms with Crippen molar-refractivity contribution in [3.05, 3.63) is 69.3 Å². The molecule has 7 nitrogen and oxygen atoms in total. The highest BCUT2D eigenvalue weighted by Crippen LogP contribution is 2.23. The summed E-state index contributed by atoms with van der Waals surface area (Å²) < 4.78 is 0. The van der Waals surface area contributed by atoms with Crippen LogP contribution in [0, 0.1) is 17.0 Å². The Kier molecular flexibility index (Phi) is 4.47. The molecule has 128 valence electrons. The van der Waals surface area contributed by atoms with Gasteiger partial charge in [-0.2, -0.15) is 0 Å². The van der Waals surface area contributed by atoms with E-state index in [1.165, 1.54) is 25.1 Å². The van der Waals surface area contributed by atoms with Crippen LogP contribution >= 0.6 is 0 Å². The summed E-state index contributed by atoms with van der Waals surface area (Å²) in [5, 5.41) is 16.6. The Hall–Kier alpha value is -3.22. The Labute approximate surface area is 144 Å². The van der Waals surface area contributed by atoms with Crippen molar-refractivity contribution >= 4 is 23.2 Å². The number of nitro groups is 1. The first-order valence-electron chi connectivity index (χ1n) is 7.92. The number of amides is 2. The van der Waals surface area contributed by atoms with Crippen molar-refractivity contribution in [1.82, 2.24) is 5.32 Å². The molecule has 25 heavy (non-hydrogen) atoms. The van der Waals surface area contributed by atoms with E-state index >= 15 is 0 Å². The number of hydrogen-bond donors (Lipinski definition) is 2. The molecular weight excluding hydrogens is 322 g/mol. The number of carbonyl (C=O) groups excluding carboxylic acids is 2. The molecule has 0 heterocycles. The predicted octanol–water partition coefficient (Wildman–Crippen LogP) is 3.05. The SMILES string of the molecule is Cc1c(C(=O)Nc2cccc(C(=O)NC3CC3)c2)cccc1[N+](=O)[O-]. The van der Waals surface area contributed by atoms with Crippen molar-refractivity contribution in [3.63, 3.8) is 0 Å². The summed E-state index contributed by atoms with van der Waals surface area (Å²) in [7, 11) is 0. The zero-order chi connectivity index (χ0) is 18.0. The summed E-state index contributed by atoms with van der Waals surface area (Å²) in [4.78, 5) is 35.0. The lowest BCUT2D eigenvalue weighted by Crippen LogP contribution is -2.25. The van der Waals surface area contributed by atoms with Crippen molar-refractivity contribution in [2.24, 2.45) is 0 Å². The van der Waals surface area contributed by atoms with E-state index in [-0.39, 0.29) is 23.2 Å². The fourth-order valence-corrected chi connectivity index (χ4v) is 2.50. The maximum Gasteiger partial charge on any atom is 0.273 e. The highest BCUT2D eigenvalue weighted by molar-refractivity contribution is 6.06. The molecule has 1 aliphatic carbocycles. The molecule has 2 amide bonds. The lowest BCUT2D eigenvalue weighted by molar-refractivity contribution is -0.385. The molecule has 0 radical (unpaired) electrons. The van der Waals surface area contributed by atoms with Gasteiger partial charge in [0, 0.05) is 34.5 Å². The highest BCUT2D eigenvalue weighted by Gasteiger charge is 2.24. The van der Waals surface area contributed by atoms with Crippen molar-refractivity contribution in [2.45, 2.75) is 25.8 Å². The van der Waals surface area contributed by atoms with Gasteiger partial charge < -0.3 is 10.6 Å². The van der Waals surface area contributed by atoms with E-state index < -0.39 is 10.8 Å². The molecule has 7 heteroatoms. The zero-order valence-electron chi connectivity index (χ0n) is 13.6. The molecule has 0 unspecified atom stereocenters. The molecule has 0 aliphatic heterocycles. The number of nitro benzene ring substituents is 1. The summed E-state index contributed by atoms with van der Waals surface area (Å²) in [6.45, 7) is 1.53. The fourth-order valence-electron chi connectivity index (χ4n) is 2.50.